The fourth-order valence-corrected chi connectivity index (χ4v) is 1.78. The van der Waals surface area contributed by atoms with Gasteiger partial charge in [-0.2, -0.15) is 5.26 Å². The number of benzene rings is 2. The minimum absolute atomic E-state index is 0.184. The van der Waals surface area contributed by atoms with Gasteiger partial charge in [-0.05, 0) is 31.2 Å². The van der Waals surface area contributed by atoms with Gasteiger partial charge in [-0.1, -0.05) is 30.3 Å². The molecule has 0 aliphatic heterocycles. The second-order valence-electron chi connectivity index (χ2n) is 4.38. The molecule has 2 N–H and O–H groups in total. The van der Waals surface area contributed by atoms with Gasteiger partial charge in [0, 0.05) is 5.69 Å². The Balaban J connectivity index is 2.03. The van der Waals surface area contributed by atoms with Crippen LogP contribution in [0, 0.1) is 11.3 Å². The highest BCUT2D eigenvalue weighted by atomic mass is 16.2. The maximum Gasteiger partial charge on any atom is 0.246 e. The molecule has 2 aromatic rings. The summed E-state index contributed by atoms with van der Waals surface area (Å²) in [5.74, 6) is -0.184. The molecule has 1 atom stereocenters. The minimum Gasteiger partial charge on any atom is -0.374 e. The van der Waals surface area contributed by atoms with Crippen molar-refractivity contribution < 1.29 is 4.79 Å². The molecule has 0 saturated carbocycles. The minimum atomic E-state index is -0.399. The van der Waals surface area contributed by atoms with E-state index in [0.717, 1.165) is 5.69 Å². The van der Waals surface area contributed by atoms with Crippen LogP contribution in [0.2, 0.25) is 0 Å². The van der Waals surface area contributed by atoms with Crippen molar-refractivity contribution in [3.05, 3.63) is 60.2 Å². The molecule has 2 rings (SSSR count). The Morgan fingerprint density at radius 3 is 2.45 bits per heavy atom. The lowest BCUT2D eigenvalue weighted by atomic mass is 10.2. The maximum atomic E-state index is 12.1. The van der Waals surface area contributed by atoms with Crippen LogP contribution in [0.15, 0.2) is 54.6 Å². The third-order valence-electron chi connectivity index (χ3n) is 2.86. The molecule has 0 saturated heterocycles. The highest BCUT2D eigenvalue weighted by Gasteiger charge is 2.14. The standard InChI is InChI=1S/C16H15N3O/c1-12(18-14-8-3-2-4-9-14)16(20)19-15-10-6-5-7-13(15)11-17/h2-10,12,18H,1H3,(H,19,20). The number of nitrogens with zero attached hydrogens (tertiary/aromatic N) is 1. The Kier molecular flexibility index (Phi) is 4.35. The van der Waals surface area contributed by atoms with Crippen LogP contribution in [0.25, 0.3) is 0 Å². The molecular weight excluding hydrogens is 250 g/mol. The van der Waals surface area contributed by atoms with Gasteiger partial charge in [0.05, 0.1) is 11.3 Å². The van der Waals surface area contributed by atoms with Gasteiger partial charge in [-0.25, -0.2) is 0 Å². The molecule has 0 spiro atoms. The van der Waals surface area contributed by atoms with Gasteiger partial charge >= 0.3 is 0 Å². The normalized spacial score (nSPS) is 11.2. The molecule has 1 amide bonds. The van der Waals surface area contributed by atoms with Crippen molar-refractivity contribution in [3.8, 4) is 6.07 Å². The summed E-state index contributed by atoms with van der Waals surface area (Å²) in [6, 6.07) is 18.1. The van der Waals surface area contributed by atoms with Crippen molar-refractivity contribution in [2.24, 2.45) is 0 Å². The van der Waals surface area contributed by atoms with Crippen LogP contribution >= 0.6 is 0 Å². The summed E-state index contributed by atoms with van der Waals surface area (Å²) < 4.78 is 0. The van der Waals surface area contributed by atoms with Gasteiger partial charge in [-0.3, -0.25) is 4.79 Å². The van der Waals surface area contributed by atoms with E-state index in [9.17, 15) is 4.79 Å². The number of hydrogen-bond acceptors (Lipinski definition) is 3. The number of carbonyl (C=O) groups is 1. The Bertz CT molecular complexity index is 632. The lowest BCUT2D eigenvalue weighted by Crippen LogP contribution is -2.32. The Morgan fingerprint density at radius 1 is 1.10 bits per heavy atom. The SMILES string of the molecule is CC(Nc1ccccc1)C(=O)Nc1ccccc1C#N. The number of nitrogens with one attached hydrogen (secondary N) is 2. The Labute approximate surface area is 118 Å². The van der Waals surface area contributed by atoms with E-state index < -0.39 is 6.04 Å². The summed E-state index contributed by atoms with van der Waals surface area (Å²) >= 11 is 0. The number of nitriles is 1. The van der Waals surface area contributed by atoms with Crippen molar-refractivity contribution >= 4 is 17.3 Å². The van der Waals surface area contributed by atoms with Crippen molar-refractivity contribution in [2.45, 2.75) is 13.0 Å². The van der Waals surface area contributed by atoms with Gasteiger partial charge in [0.15, 0.2) is 0 Å². The molecule has 4 nitrogen and oxygen atoms in total. The zero-order chi connectivity index (χ0) is 14.4. The molecule has 0 aromatic heterocycles. The summed E-state index contributed by atoms with van der Waals surface area (Å²) in [6.45, 7) is 1.78. The van der Waals surface area contributed by atoms with E-state index in [2.05, 4.69) is 16.7 Å². The average molecular weight is 265 g/mol. The predicted octanol–water partition coefficient (Wildman–Crippen LogP) is 3.00. The third kappa shape index (κ3) is 3.36. The molecule has 0 bridgehead atoms. The molecule has 0 fully saturated rings. The molecule has 4 heteroatoms. The highest BCUT2D eigenvalue weighted by Crippen LogP contribution is 2.14. The van der Waals surface area contributed by atoms with Gasteiger partial charge in [0.1, 0.15) is 12.1 Å². The van der Waals surface area contributed by atoms with E-state index >= 15 is 0 Å². The number of carbonyl (C=O) groups excluding carboxylic acids is 1. The van der Waals surface area contributed by atoms with Crippen LogP contribution in [-0.4, -0.2) is 11.9 Å². The molecule has 0 aliphatic carbocycles. The first-order valence-corrected chi connectivity index (χ1v) is 6.32. The molecule has 0 heterocycles. The molecular formula is C16H15N3O. The van der Waals surface area contributed by atoms with Crippen LogP contribution in [0.5, 0.6) is 0 Å². The average Bonchev–Trinajstić information content (AvgIpc) is 2.48. The third-order valence-corrected chi connectivity index (χ3v) is 2.86. The van der Waals surface area contributed by atoms with Crippen molar-refractivity contribution in [2.75, 3.05) is 10.6 Å². The second-order valence-corrected chi connectivity index (χ2v) is 4.38. The summed E-state index contributed by atoms with van der Waals surface area (Å²) in [5.41, 5.74) is 1.86. The fraction of sp³-hybridized carbons (Fsp3) is 0.125. The van der Waals surface area contributed by atoms with E-state index in [1.54, 1.807) is 31.2 Å². The first-order valence-electron chi connectivity index (χ1n) is 6.32. The quantitative estimate of drug-likeness (QED) is 0.893. The molecule has 20 heavy (non-hydrogen) atoms. The zero-order valence-electron chi connectivity index (χ0n) is 11.1. The van der Waals surface area contributed by atoms with Gasteiger partial charge in [0.25, 0.3) is 0 Å². The van der Waals surface area contributed by atoms with Crippen molar-refractivity contribution in [3.63, 3.8) is 0 Å². The largest absolute Gasteiger partial charge is 0.374 e. The lowest BCUT2D eigenvalue weighted by Gasteiger charge is -2.15. The molecule has 100 valence electrons. The van der Waals surface area contributed by atoms with Gasteiger partial charge in [0.2, 0.25) is 5.91 Å². The molecule has 1 unspecified atom stereocenters. The summed E-state index contributed by atoms with van der Waals surface area (Å²) in [6.07, 6.45) is 0. The first-order chi connectivity index (χ1) is 9.70. The van der Waals surface area contributed by atoms with Crippen LogP contribution in [0.4, 0.5) is 11.4 Å². The van der Waals surface area contributed by atoms with Crippen LogP contribution < -0.4 is 10.6 Å². The van der Waals surface area contributed by atoms with E-state index in [1.165, 1.54) is 0 Å². The van der Waals surface area contributed by atoms with Crippen LogP contribution in [-0.2, 0) is 4.79 Å². The van der Waals surface area contributed by atoms with Crippen molar-refractivity contribution in [1.29, 1.82) is 5.26 Å². The van der Waals surface area contributed by atoms with Gasteiger partial charge in [-0.15, -0.1) is 0 Å². The van der Waals surface area contributed by atoms with Crippen LogP contribution in [0.1, 0.15) is 12.5 Å². The molecule has 0 aliphatic rings. The second kappa shape index (κ2) is 6.39. The lowest BCUT2D eigenvalue weighted by molar-refractivity contribution is -0.116. The summed E-state index contributed by atoms with van der Waals surface area (Å²) in [7, 11) is 0. The molecule has 2 aromatic carbocycles. The maximum absolute atomic E-state index is 12.1. The number of para-hydroxylation sites is 2. The Morgan fingerprint density at radius 2 is 1.75 bits per heavy atom. The highest BCUT2D eigenvalue weighted by molar-refractivity contribution is 5.97. The van der Waals surface area contributed by atoms with E-state index in [4.69, 9.17) is 5.26 Å². The van der Waals surface area contributed by atoms with E-state index in [1.807, 2.05) is 30.3 Å². The number of amides is 1. The smallest absolute Gasteiger partial charge is 0.246 e. The molecule has 0 radical (unpaired) electrons. The van der Waals surface area contributed by atoms with E-state index in [0.29, 0.717) is 11.3 Å². The summed E-state index contributed by atoms with van der Waals surface area (Å²) in [4.78, 5) is 12.1. The Hall–Kier alpha value is -2.80. The van der Waals surface area contributed by atoms with Gasteiger partial charge < -0.3 is 10.6 Å². The summed E-state index contributed by atoms with van der Waals surface area (Å²) in [5, 5.41) is 14.9. The monoisotopic (exact) mass is 265 g/mol. The number of anilines is 2. The number of hydrogen-bond donors (Lipinski definition) is 2. The number of rotatable bonds is 4. The van der Waals surface area contributed by atoms with Crippen molar-refractivity contribution in [1.82, 2.24) is 0 Å². The first kappa shape index (κ1) is 13.6. The predicted molar refractivity (Wildman–Crippen MR) is 79.3 cm³/mol. The topological polar surface area (TPSA) is 64.9 Å². The fourth-order valence-electron chi connectivity index (χ4n) is 1.78. The van der Waals surface area contributed by atoms with Crippen LogP contribution in [0.3, 0.4) is 0 Å². The zero-order valence-corrected chi connectivity index (χ0v) is 11.1. The van der Waals surface area contributed by atoms with E-state index in [-0.39, 0.29) is 5.91 Å².